The zero-order valence-electron chi connectivity index (χ0n) is 21.8. The molecule has 4 aliphatic rings. The van der Waals surface area contributed by atoms with E-state index in [1.807, 2.05) is 0 Å². The van der Waals surface area contributed by atoms with E-state index in [1.165, 1.54) is 23.3 Å². The second-order valence-corrected chi connectivity index (χ2v) is 12.5. The average molecular weight is 482 g/mol. The number of hydrogen-bond donors (Lipinski definition) is 0. The molecular formula is C33H39NO2. The first-order valence-electron chi connectivity index (χ1n) is 14.1. The number of benzene rings is 2. The molecule has 3 saturated carbocycles. The fourth-order valence-corrected chi connectivity index (χ4v) is 8.88. The van der Waals surface area contributed by atoms with Crippen LogP contribution in [-0.2, 0) is 9.59 Å². The molecule has 3 fully saturated rings. The smallest absolute Gasteiger partial charge is 0.138 e. The summed E-state index contributed by atoms with van der Waals surface area (Å²) in [6.07, 6.45) is 7.30. The summed E-state index contributed by atoms with van der Waals surface area (Å²) in [5.74, 6) is 2.81. The minimum Gasteiger partial charge on any atom is -0.299 e. The van der Waals surface area contributed by atoms with Gasteiger partial charge in [0, 0.05) is 48.8 Å². The van der Waals surface area contributed by atoms with Gasteiger partial charge in [-0.3, -0.25) is 14.6 Å². The first-order chi connectivity index (χ1) is 17.4. The van der Waals surface area contributed by atoms with Crippen LogP contribution in [0.1, 0.15) is 82.3 Å². The Bertz CT molecular complexity index is 1130. The molecule has 0 amide bonds. The number of carbonyl (C=O) groups is 2. The van der Waals surface area contributed by atoms with Crippen LogP contribution in [-0.4, -0.2) is 23.8 Å². The highest BCUT2D eigenvalue weighted by molar-refractivity contribution is 6.07. The Morgan fingerprint density at radius 3 is 2.25 bits per heavy atom. The van der Waals surface area contributed by atoms with Crippen molar-refractivity contribution in [1.29, 1.82) is 0 Å². The molecule has 188 valence electrons. The van der Waals surface area contributed by atoms with Crippen LogP contribution >= 0.6 is 0 Å². The van der Waals surface area contributed by atoms with E-state index in [0.717, 1.165) is 32.2 Å². The third-order valence-electron chi connectivity index (χ3n) is 10.9. The van der Waals surface area contributed by atoms with Gasteiger partial charge in [0.2, 0.25) is 0 Å². The molecule has 6 atom stereocenters. The lowest BCUT2D eigenvalue weighted by Crippen LogP contribution is -2.54. The van der Waals surface area contributed by atoms with Crippen LogP contribution in [0.2, 0.25) is 0 Å². The molecule has 2 aromatic rings. The van der Waals surface area contributed by atoms with Crippen LogP contribution in [0.15, 0.2) is 65.7 Å². The lowest BCUT2D eigenvalue weighted by atomic mass is 9.49. The minimum absolute atomic E-state index is 0.0735. The molecule has 0 saturated heterocycles. The number of rotatable bonds is 5. The topological polar surface area (TPSA) is 46.5 Å². The SMILES string of the molecule is C[C@]12CCC(=O)CC1=NC[C@@H]1[C@H]2CC[C@]2(C)C(C(=O)CC(c3ccccc3)c3ccccc3)CC[C@@H]12. The van der Waals surface area contributed by atoms with Gasteiger partial charge in [-0.2, -0.15) is 0 Å². The Kier molecular flexibility index (Phi) is 6.01. The highest BCUT2D eigenvalue weighted by atomic mass is 16.1. The summed E-state index contributed by atoms with van der Waals surface area (Å²) in [6, 6.07) is 21.1. The molecule has 3 nitrogen and oxygen atoms in total. The second kappa shape index (κ2) is 9.08. The lowest BCUT2D eigenvalue weighted by molar-refractivity contribution is -0.130. The van der Waals surface area contributed by atoms with Crippen molar-refractivity contribution in [2.45, 2.75) is 71.1 Å². The predicted octanol–water partition coefficient (Wildman–Crippen LogP) is 7.05. The summed E-state index contributed by atoms with van der Waals surface area (Å²) in [7, 11) is 0. The maximum absolute atomic E-state index is 14.1. The Hall–Kier alpha value is -2.55. The standard InChI is InChI=1S/C33H39NO2/c1-32-18-16-28-26(21-34-31-19-24(35)15-17-33(28,31)2)27(32)13-14-29(32)30(36)20-25(22-9-5-3-6-10-22)23-11-7-4-8-12-23/h3-12,25-29H,13-21H2,1-2H3/t26-,27-,28+,29?,32-,33+/m0/s1. The van der Waals surface area contributed by atoms with Crippen molar-refractivity contribution in [2.24, 2.45) is 39.5 Å². The van der Waals surface area contributed by atoms with Crippen molar-refractivity contribution in [3.8, 4) is 0 Å². The summed E-state index contributed by atoms with van der Waals surface area (Å²) < 4.78 is 0. The zero-order chi connectivity index (χ0) is 24.9. The highest BCUT2D eigenvalue weighted by Gasteiger charge is 2.60. The number of aliphatic imine (C=N–C) groups is 1. The number of Topliss-reactive ketones (excluding diaryl/α,β-unsaturated/α-hetero) is 2. The van der Waals surface area contributed by atoms with Gasteiger partial charge in [0.25, 0.3) is 0 Å². The zero-order valence-corrected chi connectivity index (χ0v) is 21.8. The van der Waals surface area contributed by atoms with E-state index >= 15 is 0 Å². The lowest BCUT2D eigenvalue weighted by Gasteiger charge is -2.56. The van der Waals surface area contributed by atoms with Crippen LogP contribution in [0.3, 0.4) is 0 Å². The van der Waals surface area contributed by atoms with E-state index in [-0.39, 0.29) is 22.7 Å². The van der Waals surface area contributed by atoms with Crippen LogP contribution < -0.4 is 0 Å². The third-order valence-corrected chi connectivity index (χ3v) is 10.9. The Labute approximate surface area is 215 Å². The fourth-order valence-electron chi connectivity index (χ4n) is 8.88. The molecule has 0 bridgehead atoms. The molecule has 1 unspecified atom stereocenters. The number of nitrogens with zero attached hydrogens (tertiary/aromatic N) is 1. The summed E-state index contributed by atoms with van der Waals surface area (Å²) in [5.41, 5.74) is 3.81. The number of ketones is 2. The minimum atomic E-state index is 0.0735. The second-order valence-electron chi connectivity index (χ2n) is 12.5. The number of hydrogen-bond acceptors (Lipinski definition) is 3. The third kappa shape index (κ3) is 3.81. The van der Waals surface area contributed by atoms with Gasteiger partial charge in [0.15, 0.2) is 0 Å². The summed E-state index contributed by atoms with van der Waals surface area (Å²) in [6.45, 7) is 5.68. The van der Waals surface area contributed by atoms with Crippen molar-refractivity contribution >= 4 is 17.3 Å². The quantitative estimate of drug-likeness (QED) is 0.459. The summed E-state index contributed by atoms with van der Waals surface area (Å²) in [5, 5.41) is 0. The fraction of sp³-hybridized carbons (Fsp3) is 0.545. The average Bonchev–Trinajstić information content (AvgIpc) is 3.26. The maximum Gasteiger partial charge on any atom is 0.138 e. The van der Waals surface area contributed by atoms with Gasteiger partial charge in [0.1, 0.15) is 11.6 Å². The summed E-state index contributed by atoms with van der Waals surface area (Å²) in [4.78, 5) is 31.3. The molecule has 1 aliphatic heterocycles. The first-order valence-corrected chi connectivity index (χ1v) is 14.1. The molecule has 36 heavy (non-hydrogen) atoms. The number of fused-ring (bicyclic) bond motifs is 5. The van der Waals surface area contributed by atoms with Crippen LogP contribution in [0.25, 0.3) is 0 Å². The molecule has 0 N–H and O–H groups in total. The Morgan fingerprint density at radius 2 is 1.58 bits per heavy atom. The summed E-state index contributed by atoms with van der Waals surface area (Å²) >= 11 is 0. The number of carbonyl (C=O) groups excluding carboxylic acids is 2. The van der Waals surface area contributed by atoms with Gasteiger partial charge < -0.3 is 0 Å². The van der Waals surface area contributed by atoms with Gasteiger partial charge in [-0.15, -0.1) is 0 Å². The van der Waals surface area contributed by atoms with Crippen LogP contribution in [0, 0.1) is 34.5 Å². The van der Waals surface area contributed by atoms with Crippen molar-refractivity contribution in [3.63, 3.8) is 0 Å². The van der Waals surface area contributed by atoms with Crippen molar-refractivity contribution in [2.75, 3.05) is 6.54 Å². The molecule has 0 aromatic heterocycles. The first kappa shape index (κ1) is 23.8. The molecule has 6 rings (SSSR count). The highest BCUT2D eigenvalue weighted by Crippen LogP contribution is 2.64. The predicted molar refractivity (Wildman–Crippen MR) is 144 cm³/mol. The normalized spacial score (nSPS) is 35.5. The Balaban J connectivity index is 1.25. The monoisotopic (exact) mass is 481 g/mol. The van der Waals surface area contributed by atoms with E-state index in [4.69, 9.17) is 4.99 Å². The van der Waals surface area contributed by atoms with Crippen molar-refractivity contribution < 1.29 is 9.59 Å². The van der Waals surface area contributed by atoms with E-state index in [9.17, 15) is 9.59 Å². The maximum atomic E-state index is 14.1. The molecular weight excluding hydrogens is 442 g/mol. The van der Waals surface area contributed by atoms with E-state index in [0.29, 0.717) is 48.6 Å². The van der Waals surface area contributed by atoms with E-state index < -0.39 is 0 Å². The largest absolute Gasteiger partial charge is 0.299 e. The van der Waals surface area contributed by atoms with E-state index in [2.05, 4.69) is 74.5 Å². The van der Waals surface area contributed by atoms with Crippen molar-refractivity contribution in [1.82, 2.24) is 0 Å². The molecule has 3 heteroatoms. The molecule has 1 heterocycles. The molecule has 3 aliphatic carbocycles. The van der Waals surface area contributed by atoms with Gasteiger partial charge in [-0.05, 0) is 66.4 Å². The van der Waals surface area contributed by atoms with Crippen molar-refractivity contribution in [3.05, 3.63) is 71.8 Å². The Morgan fingerprint density at radius 1 is 0.917 bits per heavy atom. The van der Waals surface area contributed by atoms with Gasteiger partial charge >= 0.3 is 0 Å². The molecule has 0 radical (unpaired) electrons. The van der Waals surface area contributed by atoms with Crippen LogP contribution in [0.4, 0.5) is 0 Å². The van der Waals surface area contributed by atoms with Gasteiger partial charge in [-0.1, -0.05) is 74.5 Å². The van der Waals surface area contributed by atoms with Gasteiger partial charge in [0.05, 0.1) is 0 Å². The molecule has 2 aromatic carbocycles. The van der Waals surface area contributed by atoms with E-state index in [1.54, 1.807) is 0 Å². The van der Waals surface area contributed by atoms with Gasteiger partial charge in [-0.25, -0.2) is 0 Å². The van der Waals surface area contributed by atoms with Crippen LogP contribution in [0.5, 0.6) is 0 Å². The molecule has 0 spiro atoms.